The molecule has 2 rings (SSSR count). The van der Waals surface area contributed by atoms with Gasteiger partial charge in [0.25, 0.3) is 5.56 Å². The fraction of sp³-hybridized carbons (Fsp3) is 0.478. The predicted octanol–water partition coefficient (Wildman–Crippen LogP) is 4.23. The first-order chi connectivity index (χ1) is 13.4. The van der Waals surface area contributed by atoms with Crippen molar-refractivity contribution in [1.82, 2.24) is 4.98 Å². The lowest BCUT2D eigenvalue weighted by atomic mass is 10.1. The van der Waals surface area contributed by atoms with Crippen LogP contribution < -0.4 is 5.56 Å². The SMILES string of the molecule is C=CN=C(C)c1[nH]c(=O)c(C)cccccc1C.CC.OCC1CCC(O)C1. The molecule has 2 unspecified atom stereocenters. The second-order valence-corrected chi connectivity index (χ2v) is 6.52. The monoisotopic (exact) mass is 388 g/mol. The normalized spacial score (nSPS) is 18.0. The van der Waals surface area contributed by atoms with Gasteiger partial charge in [-0.05, 0) is 51.5 Å². The van der Waals surface area contributed by atoms with Crippen LogP contribution in [0.1, 0.15) is 56.9 Å². The quantitative estimate of drug-likeness (QED) is 0.677. The van der Waals surface area contributed by atoms with Crippen LogP contribution in [0.15, 0.2) is 52.9 Å². The Kier molecular flexibility index (Phi) is 13.6. The number of H-pyrrole nitrogens is 1. The average Bonchev–Trinajstić information content (AvgIpc) is 3.12. The van der Waals surface area contributed by atoms with Crippen molar-refractivity contribution in [1.29, 1.82) is 0 Å². The van der Waals surface area contributed by atoms with Crippen LogP contribution in [0.3, 0.4) is 0 Å². The Labute approximate surface area is 169 Å². The summed E-state index contributed by atoms with van der Waals surface area (Å²) in [5, 5.41) is 17.5. The van der Waals surface area contributed by atoms with Gasteiger partial charge in [0.05, 0.1) is 17.5 Å². The van der Waals surface area contributed by atoms with E-state index in [0.29, 0.717) is 11.5 Å². The van der Waals surface area contributed by atoms with Gasteiger partial charge in [0, 0.05) is 18.4 Å². The summed E-state index contributed by atoms with van der Waals surface area (Å²) in [4.78, 5) is 18.9. The van der Waals surface area contributed by atoms with Crippen LogP contribution in [0.4, 0.5) is 0 Å². The fourth-order valence-electron chi connectivity index (χ4n) is 2.73. The van der Waals surface area contributed by atoms with Gasteiger partial charge in [-0.25, -0.2) is 0 Å². The maximum atomic E-state index is 11.9. The molecule has 5 nitrogen and oxygen atoms in total. The molecule has 0 aromatic carbocycles. The summed E-state index contributed by atoms with van der Waals surface area (Å²) in [5.74, 6) is 0.380. The molecule has 1 saturated carbocycles. The highest BCUT2D eigenvalue weighted by Crippen LogP contribution is 2.24. The molecule has 0 saturated heterocycles. The highest BCUT2D eigenvalue weighted by atomic mass is 16.3. The summed E-state index contributed by atoms with van der Waals surface area (Å²) in [7, 11) is 0. The molecule has 0 amide bonds. The Morgan fingerprint density at radius 1 is 1.21 bits per heavy atom. The van der Waals surface area contributed by atoms with Gasteiger partial charge in [-0.2, -0.15) is 0 Å². The van der Waals surface area contributed by atoms with Gasteiger partial charge in [-0.1, -0.05) is 50.8 Å². The molecule has 0 radical (unpaired) electrons. The van der Waals surface area contributed by atoms with Crippen LogP contribution in [0.2, 0.25) is 0 Å². The lowest BCUT2D eigenvalue weighted by molar-refractivity contribution is 0.163. The second kappa shape index (κ2) is 14.8. The minimum absolute atomic E-state index is 0.122. The number of aliphatic hydroxyl groups is 2. The Balaban J connectivity index is 0.000000604. The van der Waals surface area contributed by atoms with E-state index in [-0.39, 0.29) is 18.3 Å². The van der Waals surface area contributed by atoms with Gasteiger partial charge in [-0.3, -0.25) is 9.79 Å². The molecule has 1 heterocycles. The van der Waals surface area contributed by atoms with Gasteiger partial charge in [-0.15, -0.1) is 0 Å². The van der Waals surface area contributed by atoms with Gasteiger partial charge >= 0.3 is 0 Å². The number of hydrogen-bond acceptors (Lipinski definition) is 4. The number of nitrogens with zero attached hydrogens (tertiary/aromatic N) is 1. The van der Waals surface area contributed by atoms with E-state index in [1.165, 1.54) is 6.20 Å². The number of aliphatic hydroxyl groups excluding tert-OH is 2. The summed E-state index contributed by atoms with van der Waals surface area (Å²) in [6, 6.07) is 9.37. The first kappa shape index (κ1) is 25.8. The molecule has 1 fully saturated rings. The third kappa shape index (κ3) is 9.62. The van der Waals surface area contributed by atoms with Crippen LogP contribution in [-0.2, 0) is 0 Å². The van der Waals surface area contributed by atoms with E-state index in [2.05, 4.69) is 16.6 Å². The largest absolute Gasteiger partial charge is 0.396 e. The predicted molar refractivity (Wildman–Crippen MR) is 118 cm³/mol. The van der Waals surface area contributed by atoms with Crippen LogP contribution in [0.25, 0.3) is 0 Å². The number of aryl methyl sites for hydroxylation is 2. The van der Waals surface area contributed by atoms with Gasteiger partial charge < -0.3 is 15.2 Å². The van der Waals surface area contributed by atoms with Crippen molar-refractivity contribution >= 4 is 5.71 Å². The van der Waals surface area contributed by atoms with Crippen molar-refractivity contribution in [2.45, 2.75) is 60.0 Å². The molecule has 1 aromatic heterocycles. The third-order valence-corrected chi connectivity index (χ3v) is 4.32. The van der Waals surface area contributed by atoms with E-state index in [4.69, 9.17) is 10.2 Å². The number of nitrogens with one attached hydrogen (secondary N) is 1. The second-order valence-electron chi connectivity index (χ2n) is 6.52. The summed E-state index contributed by atoms with van der Waals surface area (Å²) in [5.41, 5.74) is 2.93. The Bertz CT molecular complexity index is 737. The van der Waals surface area contributed by atoms with Crippen molar-refractivity contribution in [3.05, 3.63) is 70.3 Å². The van der Waals surface area contributed by atoms with Crippen molar-refractivity contribution in [2.24, 2.45) is 10.9 Å². The molecular weight excluding hydrogens is 352 g/mol. The lowest BCUT2D eigenvalue weighted by Gasteiger charge is -2.01. The molecule has 0 bridgehead atoms. The number of rotatable bonds is 3. The standard InChI is InChI=1S/C15H18N2O.C6H12O2.C2H6/c1-5-16-13(4)14-11(2)9-7-6-8-10-12(3)15(18)17-14;7-4-5-1-2-6(8)3-5;1-2/h5-10H,1H2,2-4H3,(H,17,18);5-8H,1-4H2;1-2H3. The molecule has 2 atom stereocenters. The third-order valence-electron chi connectivity index (χ3n) is 4.32. The molecule has 1 aromatic rings. The van der Waals surface area contributed by atoms with Crippen molar-refractivity contribution < 1.29 is 10.2 Å². The molecule has 3 N–H and O–H groups in total. The zero-order chi connectivity index (χ0) is 21.5. The number of hydrogen-bond donors (Lipinski definition) is 3. The van der Waals surface area contributed by atoms with Gasteiger partial charge in [0.15, 0.2) is 0 Å². The van der Waals surface area contributed by atoms with Crippen molar-refractivity contribution in [2.75, 3.05) is 6.61 Å². The summed E-state index contributed by atoms with van der Waals surface area (Å²) >= 11 is 0. The molecular formula is C23H36N2O3. The number of aliphatic imine (C=N–C) groups is 1. The topological polar surface area (TPSA) is 85.7 Å². The molecule has 0 aliphatic heterocycles. The van der Waals surface area contributed by atoms with E-state index in [0.717, 1.165) is 36.2 Å². The van der Waals surface area contributed by atoms with E-state index in [9.17, 15) is 4.79 Å². The number of aromatic amines is 1. The van der Waals surface area contributed by atoms with E-state index < -0.39 is 0 Å². The maximum absolute atomic E-state index is 11.9. The fourth-order valence-corrected chi connectivity index (χ4v) is 2.73. The Hall–Kier alpha value is -2.24. The summed E-state index contributed by atoms with van der Waals surface area (Å²) < 4.78 is 0. The molecule has 0 spiro atoms. The molecule has 28 heavy (non-hydrogen) atoms. The first-order valence-corrected chi connectivity index (χ1v) is 9.87. The first-order valence-electron chi connectivity index (χ1n) is 9.87. The Morgan fingerprint density at radius 3 is 2.29 bits per heavy atom. The highest BCUT2D eigenvalue weighted by molar-refractivity contribution is 5.98. The molecule has 1 aliphatic rings. The maximum Gasteiger partial charge on any atom is 0.251 e. The zero-order valence-corrected chi connectivity index (χ0v) is 17.9. The lowest BCUT2D eigenvalue weighted by Crippen LogP contribution is -2.12. The van der Waals surface area contributed by atoms with Crippen LogP contribution in [-0.4, -0.2) is 33.6 Å². The number of aromatic nitrogens is 1. The van der Waals surface area contributed by atoms with E-state index in [1.54, 1.807) is 13.0 Å². The minimum Gasteiger partial charge on any atom is -0.396 e. The minimum atomic E-state index is -0.132. The summed E-state index contributed by atoms with van der Waals surface area (Å²) in [6.45, 7) is 13.4. The van der Waals surface area contributed by atoms with Crippen LogP contribution in [0, 0.1) is 19.8 Å². The van der Waals surface area contributed by atoms with Crippen molar-refractivity contribution in [3.63, 3.8) is 0 Å². The highest BCUT2D eigenvalue weighted by Gasteiger charge is 2.21. The van der Waals surface area contributed by atoms with Crippen LogP contribution in [0.5, 0.6) is 0 Å². The van der Waals surface area contributed by atoms with Gasteiger partial charge in [0.2, 0.25) is 0 Å². The van der Waals surface area contributed by atoms with E-state index in [1.807, 2.05) is 52.0 Å². The van der Waals surface area contributed by atoms with Crippen LogP contribution >= 0.6 is 0 Å². The van der Waals surface area contributed by atoms with E-state index >= 15 is 0 Å². The Morgan fingerprint density at radius 2 is 1.82 bits per heavy atom. The van der Waals surface area contributed by atoms with Crippen molar-refractivity contribution in [3.8, 4) is 0 Å². The summed E-state index contributed by atoms with van der Waals surface area (Å²) in [6.07, 6.45) is 4.01. The molecule has 5 heteroatoms. The average molecular weight is 389 g/mol. The van der Waals surface area contributed by atoms with Gasteiger partial charge in [0.1, 0.15) is 0 Å². The smallest absolute Gasteiger partial charge is 0.251 e. The molecule has 156 valence electrons. The molecule has 1 aliphatic carbocycles. The zero-order valence-electron chi connectivity index (χ0n) is 17.9.